The van der Waals surface area contributed by atoms with Gasteiger partial charge in [0.2, 0.25) is 9.84 Å². The summed E-state index contributed by atoms with van der Waals surface area (Å²) in [5.41, 5.74) is -2.98. The molecule has 0 saturated carbocycles. The average Bonchev–Trinajstić information content (AvgIpc) is 2.50. The summed E-state index contributed by atoms with van der Waals surface area (Å²) in [5, 5.41) is 0. The van der Waals surface area contributed by atoms with Gasteiger partial charge in [0.05, 0.1) is 20.2 Å². The molecule has 146 valence electrons. The van der Waals surface area contributed by atoms with E-state index in [1.807, 2.05) is 0 Å². The van der Waals surface area contributed by atoms with Crippen molar-refractivity contribution in [2.75, 3.05) is 0 Å². The molecule has 0 atom stereocenters. The Bertz CT molecular complexity index is 1180. The maximum absolute atomic E-state index is 13.6. The summed E-state index contributed by atoms with van der Waals surface area (Å²) >= 11 is 0. The molecule has 1 heterocycles. The van der Waals surface area contributed by atoms with Crippen molar-refractivity contribution in [1.82, 2.24) is 0 Å². The zero-order chi connectivity index (χ0) is 20.6. The first-order valence-electron chi connectivity index (χ1n) is 7.33. The highest BCUT2D eigenvalue weighted by molar-refractivity contribution is 8.13. The van der Waals surface area contributed by atoms with Gasteiger partial charge in [-0.15, -0.1) is 0 Å². The van der Waals surface area contributed by atoms with Gasteiger partial charge in [0, 0.05) is 16.1 Å². The van der Waals surface area contributed by atoms with Crippen LogP contribution < -0.4 is 0 Å². The molecule has 0 spiro atoms. The van der Waals surface area contributed by atoms with Gasteiger partial charge in [-0.05, 0) is 35.4 Å². The molecule has 0 aliphatic carbocycles. The molecule has 4 nitrogen and oxygen atoms in total. The molecule has 0 fully saturated rings. The smallest absolute Gasteiger partial charge is 0.218 e. The molecule has 3 rings (SSSR count). The second-order valence-corrected chi connectivity index (χ2v) is 11.0. The molecule has 2 aromatic rings. The summed E-state index contributed by atoms with van der Waals surface area (Å²) in [4.78, 5) is -2.45. The predicted molar refractivity (Wildman–Crippen MR) is 88.5 cm³/mol. The number of hydrogen-bond acceptors (Lipinski definition) is 4. The largest absolute Gasteiger partial charge is 0.417 e. The zero-order valence-corrected chi connectivity index (χ0v) is 16.1. The van der Waals surface area contributed by atoms with Crippen LogP contribution in [0.2, 0.25) is 0 Å². The van der Waals surface area contributed by atoms with E-state index in [1.165, 1.54) is 19.9 Å². The van der Waals surface area contributed by atoms with E-state index < -0.39 is 56.5 Å². The van der Waals surface area contributed by atoms with Crippen LogP contribution in [0.3, 0.4) is 0 Å². The van der Waals surface area contributed by atoms with E-state index in [0.717, 1.165) is 12.1 Å². The first kappa shape index (κ1) is 20.1. The van der Waals surface area contributed by atoms with Gasteiger partial charge in [0.1, 0.15) is 5.82 Å². The average molecular weight is 443 g/mol. The maximum Gasteiger partial charge on any atom is 0.417 e. The van der Waals surface area contributed by atoms with E-state index in [1.54, 1.807) is 0 Å². The predicted octanol–water partition coefficient (Wildman–Crippen LogP) is 4.24. The fourth-order valence-electron chi connectivity index (χ4n) is 3.19. The minimum absolute atomic E-state index is 0.103. The fraction of sp³-hybridized carbons (Fsp3) is 0.250. The standard InChI is InChI=1S/C16H11ClF4O4S2/c1-15(2)9-4-3-8(18)5-12(9)26(22,23)13-7-14(27(17,24)25)11(6-10(13)15)16(19,20)21/h3-7H,1-2H3. The Morgan fingerprint density at radius 1 is 1.00 bits per heavy atom. The highest BCUT2D eigenvalue weighted by Gasteiger charge is 2.45. The van der Waals surface area contributed by atoms with E-state index in [9.17, 15) is 34.4 Å². The quantitative estimate of drug-likeness (QED) is 0.489. The Kier molecular flexibility index (Phi) is 4.23. The number of hydrogen-bond donors (Lipinski definition) is 0. The molecule has 0 unspecified atom stereocenters. The molecule has 0 bridgehead atoms. The van der Waals surface area contributed by atoms with E-state index in [2.05, 4.69) is 0 Å². The van der Waals surface area contributed by atoms with Gasteiger partial charge < -0.3 is 0 Å². The topological polar surface area (TPSA) is 68.3 Å². The molecular weight excluding hydrogens is 432 g/mol. The third kappa shape index (κ3) is 3.03. The molecule has 0 aromatic heterocycles. The zero-order valence-electron chi connectivity index (χ0n) is 13.7. The van der Waals surface area contributed by atoms with Crippen LogP contribution in [0.4, 0.5) is 17.6 Å². The minimum atomic E-state index is -5.09. The Morgan fingerprint density at radius 3 is 2.07 bits per heavy atom. The van der Waals surface area contributed by atoms with Crippen molar-refractivity contribution in [3.05, 3.63) is 52.8 Å². The van der Waals surface area contributed by atoms with Crippen molar-refractivity contribution >= 4 is 29.6 Å². The van der Waals surface area contributed by atoms with Gasteiger partial charge in [0.15, 0.2) is 0 Å². The SMILES string of the molecule is CC1(C)c2ccc(F)cc2S(=O)(=O)c2cc(S(=O)(=O)Cl)c(C(F)(F)F)cc21. The Labute approximate surface area is 157 Å². The van der Waals surface area contributed by atoms with Gasteiger partial charge in [-0.2, -0.15) is 13.2 Å². The van der Waals surface area contributed by atoms with Crippen LogP contribution in [0.15, 0.2) is 45.0 Å². The Hall–Kier alpha value is -1.65. The Morgan fingerprint density at radius 2 is 1.56 bits per heavy atom. The monoisotopic (exact) mass is 442 g/mol. The highest BCUT2D eigenvalue weighted by atomic mass is 35.7. The van der Waals surface area contributed by atoms with Crippen LogP contribution in [0.25, 0.3) is 0 Å². The lowest BCUT2D eigenvalue weighted by Gasteiger charge is -2.35. The molecule has 2 aromatic carbocycles. The molecule has 27 heavy (non-hydrogen) atoms. The van der Waals surface area contributed by atoms with Crippen molar-refractivity contribution in [2.24, 2.45) is 0 Å². The number of fused-ring (bicyclic) bond motifs is 2. The van der Waals surface area contributed by atoms with Gasteiger partial charge in [-0.3, -0.25) is 0 Å². The van der Waals surface area contributed by atoms with Crippen molar-refractivity contribution in [2.45, 2.75) is 40.1 Å². The number of rotatable bonds is 1. The molecule has 1 aliphatic rings. The lowest BCUT2D eigenvalue weighted by molar-refractivity contribution is -0.140. The van der Waals surface area contributed by atoms with Crippen LogP contribution in [0.5, 0.6) is 0 Å². The van der Waals surface area contributed by atoms with Crippen LogP contribution in [-0.2, 0) is 30.5 Å². The summed E-state index contributed by atoms with van der Waals surface area (Å²) in [6.45, 7) is 2.93. The normalized spacial score (nSPS) is 17.9. The van der Waals surface area contributed by atoms with E-state index in [4.69, 9.17) is 10.7 Å². The number of sulfone groups is 1. The van der Waals surface area contributed by atoms with Crippen LogP contribution in [-0.4, -0.2) is 16.8 Å². The third-order valence-corrected chi connectivity index (χ3v) is 7.71. The number of halogens is 5. The number of alkyl halides is 3. The lowest BCUT2D eigenvalue weighted by Crippen LogP contribution is -2.31. The van der Waals surface area contributed by atoms with Crippen molar-refractivity contribution in [3.63, 3.8) is 0 Å². The molecule has 0 saturated heterocycles. The molecule has 0 amide bonds. The molecular formula is C16H11ClF4O4S2. The van der Waals surface area contributed by atoms with E-state index in [-0.39, 0.29) is 11.1 Å². The second-order valence-electron chi connectivity index (χ2n) is 6.55. The van der Waals surface area contributed by atoms with Gasteiger partial charge >= 0.3 is 6.18 Å². The summed E-state index contributed by atoms with van der Waals surface area (Å²) in [6, 6.07) is 3.82. The van der Waals surface area contributed by atoms with Crippen LogP contribution in [0.1, 0.15) is 30.5 Å². The summed E-state index contributed by atoms with van der Waals surface area (Å²) < 4.78 is 103. The third-order valence-electron chi connectivity index (χ3n) is 4.52. The van der Waals surface area contributed by atoms with Gasteiger partial charge in [-0.1, -0.05) is 19.9 Å². The highest BCUT2D eigenvalue weighted by Crippen LogP contribution is 2.49. The van der Waals surface area contributed by atoms with Gasteiger partial charge in [-0.25, -0.2) is 21.2 Å². The summed E-state index contributed by atoms with van der Waals surface area (Å²) in [5.74, 6) is -0.853. The molecule has 0 N–H and O–H groups in total. The van der Waals surface area contributed by atoms with Crippen molar-refractivity contribution in [3.8, 4) is 0 Å². The van der Waals surface area contributed by atoms with Crippen LogP contribution in [0, 0.1) is 5.82 Å². The minimum Gasteiger partial charge on any atom is -0.218 e. The Balaban J connectivity index is 2.53. The second kappa shape index (κ2) is 5.68. The van der Waals surface area contributed by atoms with E-state index in [0.29, 0.717) is 12.1 Å². The fourth-order valence-corrected chi connectivity index (χ4v) is 6.34. The van der Waals surface area contributed by atoms with Gasteiger partial charge in [0.25, 0.3) is 9.05 Å². The molecule has 11 heteroatoms. The van der Waals surface area contributed by atoms with Crippen LogP contribution >= 0.6 is 10.7 Å². The van der Waals surface area contributed by atoms with Crippen molar-refractivity contribution < 1.29 is 34.4 Å². The lowest BCUT2D eigenvalue weighted by atomic mass is 9.77. The first-order chi connectivity index (χ1) is 12.1. The molecule has 1 aliphatic heterocycles. The first-order valence-corrected chi connectivity index (χ1v) is 11.1. The summed E-state index contributed by atoms with van der Waals surface area (Å²) in [6.07, 6.45) is -5.09. The van der Waals surface area contributed by atoms with E-state index >= 15 is 0 Å². The number of benzene rings is 2. The summed E-state index contributed by atoms with van der Waals surface area (Å²) in [7, 11) is -4.26. The maximum atomic E-state index is 13.6. The molecule has 0 radical (unpaired) electrons. The van der Waals surface area contributed by atoms with Crippen molar-refractivity contribution in [1.29, 1.82) is 0 Å².